The van der Waals surface area contributed by atoms with Crippen molar-refractivity contribution in [2.45, 2.75) is 48.4 Å². The first-order valence-corrected chi connectivity index (χ1v) is 10.5. The van der Waals surface area contributed by atoms with E-state index in [4.69, 9.17) is 11.6 Å². The van der Waals surface area contributed by atoms with Gasteiger partial charge in [-0.25, -0.2) is 9.38 Å². The second kappa shape index (κ2) is 7.81. The van der Waals surface area contributed by atoms with Crippen LogP contribution in [0.2, 0.25) is 0 Å². The number of thioether (sulfide) groups is 1. The molecule has 0 amide bonds. The molecule has 0 aliphatic heterocycles. The summed E-state index contributed by atoms with van der Waals surface area (Å²) in [6, 6.07) is 2.13. The van der Waals surface area contributed by atoms with Crippen molar-refractivity contribution in [1.82, 2.24) is 4.57 Å². The number of rotatable bonds is 5. The number of hydrogen-bond acceptors (Lipinski definition) is 3. The first kappa shape index (κ1) is 22.5. The molecule has 0 radical (unpaired) electrons. The molecule has 1 fully saturated rings. The molecule has 12 heteroatoms. The highest BCUT2D eigenvalue weighted by Gasteiger charge is 2.46. The van der Waals surface area contributed by atoms with Gasteiger partial charge in [-0.2, -0.15) is 26.3 Å². The van der Waals surface area contributed by atoms with Crippen LogP contribution in [0.25, 0.3) is 0 Å². The van der Waals surface area contributed by atoms with E-state index >= 15 is 0 Å². The molecule has 0 spiro atoms. The van der Waals surface area contributed by atoms with Crippen molar-refractivity contribution in [1.29, 1.82) is 0 Å². The summed E-state index contributed by atoms with van der Waals surface area (Å²) in [7, 11) is 0. The molecular formula is C17H14ClF7N2S2. The van der Waals surface area contributed by atoms with Crippen LogP contribution in [-0.4, -0.2) is 22.7 Å². The lowest BCUT2D eigenvalue weighted by molar-refractivity contribution is -0.141. The van der Waals surface area contributed by atoms with Gasteiger partial charge in [-0.3, -0.25) is 0 Å². The Morgan fingerprint density at radius 2 is 1.83 bits per heavy atom. The van der Waals surface area contributed by atoms with Crippen molar-refractivity contribution in [2.75, 3.05) is 5.75 Å². The van der Waals surface area contributed by atoms with Gasteiger partial charge in [0.15, 0.2) is 4.80 Å². The third-order valence-electron chi connectivity index (χ3n) is 4.13. The van der Waals surface area contributed by atoms with E-state index in [0.29, 0.717) is 24.6 Å². The fraction of sp³-hybridized carbons (Fsp3) is 0.471. The minimum absolute atomic E-state index is 0.126. The Morgan fingerprint density at radius 1 is 1.17 bits per heavy atom. The number of alkyl halides is 7. The number of hydrogen-bond donors (Lipinski definition) is 0. The predicted molar refractivity (Wildman–Crippen MR) is 98.3 cm³/mol. The molecule has 1 aromatic heterocycles. The van der Waals surface area contributed by atoms with Crippen LogP contribution >= 0.6 is 34.7 Å². The van der Waals surface area contributed by atoms with Gasteiger partial charge in [0.1, 0.15) is 18.0 Å². The Kier molecular flexibility index (Phi) is 6.05. The number of aryl methyl sites for hydroxylation is 1. The standard InChI is InChI=1S/C17H14ClF7N2S2/c1-9-4-10(19)11(5-12(9)29-8-17(23,24)25)26-14-27(7-16(20,21)22)13(6-28-14)15(18)2-3-15/h4-6H,2-3,7-8H2,1H3/b26-14-. The van der Waals surface area contributed by atoms with Gasteiger partial charge in [0.2, 0.25) is 0 Å². The lowest BCUT2D eigenvalue weighted by atomic mass is 10.2. The topological polar surface area (TPSA) is 17.3 Å². The van der Waals surface area contributed by atoms with E-state index in [1.807, 2.05) is 0 Å². The molecule has 0 saturated heterocycles. The molecule has 2 aromatic rings. The van der Waals surface area contributed by atoms with Crippen LogP contribution in [0.5, 0.6) is 0 Å². The Hall–Kier alpha value is -1.20. The number of halogens is 8. The smallest absolute Gasteiger partial charge is 0.310 e. The summed E-state index contributed by atoms with van der Waals surface area (Å²) in [6.45, 7) is 0.102. The zero-order chi connectivity index (χ0) is 21.6. The van der Waals surface area contributed by atoms with Gasteiger partial charge in [-0.05, 0) is 37.5 Å². The monoisotopic (exact) mass is 478 g/mol. The summed E-state index contributed by atoms with van der Waals surface area (Å²) in [4.78, 5) is 3.12. The van der Waals surface area contributed by atoms with Crippen LogP contribution in [-0.2, 0) is 11.4 Å². The van der Waals surface area contributed by atoms with E-state index in [1.165, 1.54) is 12.3 Å². The highest BCUT2D eigenvalue weighted by Crippen LogP contribution is 2.52. The summed E-state index contributed by atoms with van der Waals surface area (Å²) < 4.78 is 91.9. The van der Waals surface area contributed by atoms with Gasteiger partial charge in [-0.15, -0.1) is 34.7 Å². The van der Waals surface area contributed by atoms with Gasteiger partial charge < -0.3 is 4.57 Å². The van der Waals surface area contributed by atoms with E-state index in [0.717, 1.165) is 28.0 Å². The first-order chi connectivity index (χ1) is 13.3. The fourth-order valence-electron chi connectivity index (χ4n) is 2.62. The predicted octanol–water partition coefficient (Wildman–Crippen LogP) is 6.67. The lowest BCUT2D eigenvalue weighted by Gasteiger charge is -2.14. The average molecular weight is 479 g/mol. The number of aromatic nitrogens is 1. The Balaban J connectivity index is 2.05. The van der Waals surface area contributed by atoms with Gasteiger partial charge >= 0.3 is 12.4 Å². The van der Waals surface area contributed by atoms with Crippen molar-refractivity contribution in [3.8, 4) is 0 Å². The summed E-state index contributed by atoms with van der Waals surface area (Å²) in [5.41, 5.74) is 0.201. The second-order valence-corrected chi connectivity index (χ2v) is 9.23. The van der Waals surface area contributed by atoms with E-state index in [2.05, 4.69) is 4.99 Å². The molecule has 160 valence electrons. The maximum atomic E-state index is 14.3. The minimum Gasteiger partial charge on any atom is -0.310 e. The van der Waals surface area contributed by atoms with Gasteiger partial charge in [-0.1, -0.05) is 0 Å². The number of benzene rings is 1. The molecule has 3 rings (SSSR count). The molecule has 1 aliphatic rings. The molecule has 0 bridgehead atoms. The molecular weight excluding hydrogens is 465 g/mol. The van der Waals surface area contributed by atoms with Crippen LogP contribution < -0.4 is 4.80 Å². The highest BCUT2D eigenvalue weighted by atomic mass is 35.5. The number of thiazole rings is 1. The van der Waals surface area contributed by atoms with Crippen molar-refractivity contribution >= 4 is 40.4 Å². The van der Waals surface area contributed by atoms with Gasteiger partial charge in [0, 0.05) is 10.3 Å². The lowest BCUT2D eigenvalue weighted by Crippen LogP contribution is -2.28. The third-order valence-corrected chi connectivity index (χ3v) is 6.79. The van der Waals surface area contributed by atoms with Gasteiger partial charge in [0.05, 0.1) is 16.3 Å². The van der Waals surface area contributed by atoms with Crippen LogP contribution in [0.1, 0.15) is 24.1 Å². The zero-order valence-corrected chi connectivity index (χ0v) is 17.2. The van der Waals surface area contributed by atoms with Crippen LogP contribution in [0.4, 0.5) is 36.4 Å². The molecule has 0 N–H and O–H groups in total. The number of nitrogens with zero attached hydrogens (tertiary/aromatic N) is 2. The summed E-state index contributed by atoms with van der Waals surface area (Å²) >= 11 is 7.61. The van der Waals surface area contributed by atoms with E-state index in [1.54, 1.807) is 0 Å². The van der Waals surface area contributed by atoms with Gasteiger partial charge in [0.25, 0.3) is 0 Å². The van der Waals surface area contributed by atoms with Crippen molar-refractivity contribution in [2.24, 2.45) is 4.99 Å². The fourth-order valence-corrected chi connectivity index (χ4v) is 4.74. The second-order valence-electron chi connectivity index (χ2n) is 6.65. The summed E-state index contributed by atoms with van der Waals surface area (Å²) in [5.74, 6) is -2.01. The van der Waals surface area contributed by atoms with Crippen LogP contribution in [0.15, 0.2) is 27.4 Å². The molecule has 1 aliphatic carbocycles. The quantitative estimate of drug-likeness (QED) is 0.266. The zero-order valence-electron chi connectivity index (χ0n) is 14.8. The van der Waals surface area contributed by atoms with Crippen LogP contribution in [0, 0.1) is 12.7 Å². The largest absolute Gasteiger partial charge is 0.406 e. The maximum Gasteiger partial charge on any atom is 0.406 e. The molecule has 29 heavy (non-hydrogen) atoms. The highest BCUT2D eigenvalue weighted by molar-refractivity contribution is 7.99. The molecule has 1 saturated carbocycles. The summed E-state index contributed by atoms with van der Waals surface area (Å²) in [6.07, 6.45) is -7.94. The average Bonchev–Trinajstić information content (AvgIpc) is 3.18. The molecule has 1 aromatic carbocycles. The molecule has 0 unspecified atom stereocenters. The third kappa shape index (κ3) is 5.69. The van der Waals surface area contributed by atoms with Crippen molar-refractivity contribution in [3.63, 3.8) is 0 Å². The van der Waals surface area contributed by atoms with Crippen LogP contribution in [0.3, 0.4) is 0 Å². The Labute approximate surface area is 174 Å². The first-order valence-electron chi connectivity index (χ1n) is 8.26. The molecule has 2 nitrogen and oxygen atoms in total. The van der Waals surface area contributed by atoms with Crippen molar-refractivity contribution in [3.05, 3.63) is 39.4 Å². The maximum absolute atomic E-state index is 14.3. The van der Waals surface area contributed by atoms with E-state index < -0.39 is 35.3 Å². The normalized spacial score (nSPS) is 17.1. The Morgan fingerprint density at radius 3 is 2.38 bits per heavy atom. The summed E-state index contributed by atoms with van der Waals surface area (Å²) in [5, 5.41) is 1.45. The molecule has 1 heterocycles. The van der Waals surface area contributed by atoms with E-state index in [-0.39, 0.29) is 26.6 Å². The minimum atomic E-state index is -4.55. The molecule has 0 atom stereocenters. The Bertz CT molecular complexity index is 972. The van der Waals surface area contributed by atoms with E-state index in [9.17, 15) is 30.7 Å². The SMILES string of the molecule is Cc1cc(F)c(/N=c2\scc(C3(Cl)CC3)n2CC(F)(F)F)cc1SCC(F)(F)F. The van der Waals surface area contributed by atoms with Crippen molar-refractivity contribution < 1.29 is 30.7 Å².